The summed E-state index contributed by atoms with van der Waals surface area (Å²) in [6.45, 7) is 7.20. The third-order valence-corrected chi connectivity index (χ3v) is 5.14. The summed E-state index contributed by atoms with van der Waals surface area (Å²) >= 11 is 0. The van der Waals surface area contributed by atoms with Crippen LogP contribution in [0.2, 0.25) is 0 Å². The summed E-state index contributed by atoms with van der Waals surface area (Å²) in [5.41, 5.74) is 3.10. The van der Waals surface area contributed by atoms with Gasteiger partial charge in [0.1, 0.15) is 0 Å². The second-order valence-corrected chi connectivity index (χ2v) is 7.65. The second-order valence-electron chi connectivity index (χ2n) is 7.65. The smallest absolute Gasteiger partial charge is 0.219 e. The van der Waals surface area contributed by atoms with Gasteiger partial charge in [-0.2, -0.15) is 0 Å². The molecule has 0 aliphatic heterocycles. The maximum Gasteiger partial charge on any atom is 0.219 e. The van der Waals surface area contributed by atoms with E-state index in [1.165, 1.54) is 0 Å². The number of aromatic nitrogens is 3. The monoisotopic (exact) mass is 432 g/mol. The maximum atomic E-state index is 11.7. The van der Waals surface area contributed by atoms with Crippen molar-refractivity contribution in [2.45, 2.75) is 33.0 Å². The Morgan fingerprint density at radius 3 is 1.62 bits per heavy atom. The third-order valence-electron chi connectivity index (χ3n) is 5.14. The van der Waals surface area contributed by atoms with Crippen LogP contribution < -0.4 is 5.32 Å². The zero-order chi connectivity index (χ0) is 22.4. The van der Waals surface area contributed by atoms with Crippen molar-refractivity contribution in [1.29, 1.82) is 0 Å². The topological polar surface area (TPSA) is 74.2 Å². The van der Waals surface area contributed by atoms with Crippen molar-refractivity contribution >= 4 is 5.91 Å². The number of pyridine rings is 3. The van der Waals surface area contributed by atoms with Crippen molar-refractivity contribution < 1.29 is 4.79 Å². The maximum absolute atomic E-state index is 11.7. The van der Waals surface area contributed by atoms with E-state index < -0.39 is 0 Å². The summed E-state index contributed by atoms with van der Waals surface area (Å²) in [6.07, 6.45) is 5.99. The molecule has 7 nitrogen and oxygen atoms in total. The fourth-order valence-electron chi connectivity index (χ4n) is 3.41. The minimum absolute atomic E-state index is 0.0784. The summed E-state index contributed by atoms with van der Waals surface area (Å²) in [4.78, 5) is 29.8. The van der Waals surface area contributed by atoms with Crippen molar-refractivity contribution in [1.82, 2.24) is 30.1 Å². The Kier molecular flexibility index (Phi) is 9.76. The van der Waals surface area contributed by atoms with Crippen LogP contribution in [-0.2, 0) is 24.4 Å². The molecule has 1 N–H and O–H groups in total. The minimum Gasteiger partial charge on any atom is -0.355 e. The molecule has 0 unspecified atom stereocenters. The van der Waals surface area contributed by atoms with Gasteiger partial charge in [-0.3, -0.25) is 29.5 Å². The van der Waals surface area contributed by atoms with Gasteiger partial charge in [-0.25, -0.2) is 0 Å². The summed E-state index contributed by atoms with van der Waals surface area (Å²) in [5.74, 6) is 0.0784. The quantitative estimate of drug-likeness (QED) is 0.448. The number of amides is 1. The molecule has 0 fully saturated rings. The van der Waals surface area contributed by atoms with Crippen LogP contribution in [0.5, 0.6) is 0 Å². The van der Waals surface area contributed by atoms with Crippen LogP contribution in [0, 0.1) is 0 Å². The van der Waals surface area contributed by atoms with Gasteiger partial charge in [-0.1, -0.05) is 25.1 Å². The highest BCUT2D eigenvalue weighted by Crippen LogP contribution is 2.08. The fraction of sp³-hybridized carbons (Fsp3) is 0.360. The summed E-state index contributed by atoms with van der Waals surface area (Å²) in [7, 11) is 0. The Bertz CT molecular complexity index is 866. The summed E-state index contributed by atoms with van der Waals surface area (Å²) < 4.78 is 0. The normalized spacial score (nSPS) is 11.1. The number of rotatable bonds is 13. The molecule has 0 bridgehead atoms. The molecule has 0 aliphatic carbocycles. The minimum atomic E-state index is 0.0784. The van der Waals surface area contributed by atoms with Crippen LogP contribution in [0.3, 0.4) is 0 Å². The number of nitrogens with one attached hydrogen (secondary N) is 1. The van der Waals surface area contributed by atoms with Crippen molar-refractivity contribution in [3.63, 3.8) is 0 Å². The van der Waals surface area contributed by atoms with Gasteiger partial charge < -0.3 is 5.32 Å². The van der Waals surface area contributed by atoms with E-state index in [2.05, 4.69) is 42.2 Å². The Labute approximate surface area is 190 Å². The molecule has 0 saturated heterocycles. The molecular formula is C25H32N6O. The molecule has 0 aromatic carbocycles. The second kappa shape index (κ2) is 13.3. The molecule has 0 saturated carbocycles. The molecular weight excluding hydrogens is 400 g/mol. The van der Waals surface area contributed by atoms with E-state index in [-0.39, 0.29) is 5.91 Å². The molecule has 3 rings (SSSR count). The lowest BCUT2D eigenvalue weighted by atomic mass is 10.2. The Balaban J connectivity index is 1.65. The molecule has 0 atom stereocenters. The van der Waals surface area contributed by atoms with Gasteiger partial charge in [0.15, 0.2) is 0 Å². The number of carbonyl (C=O) groups is 1. The van der Waals surface area contributed by atoms with Gasteiger partial charge in [0, 0.05) is 70.8 Å². The molecule has 3 aromatic heterocycles. The lowest BCUT2D eigenvalue weighted by Crippen LogP contribution is -2.39. The highest BCUT2D eigenvalue weighted by atomic mass is 16.1. The molecule has 7 heteroatoms. The average molecular weight is 433 g/mol. The van der Waals surface area contributed by atoms with E-state index in [1.807, 2.05) is 68.0 Å². The van der Waals surface area contributed by atoms with Crippen molar-refractivity contribution in [3.8, 4) is 0 Å². The number of hydrogen-bond donors (Lipinski definition) is 1. The first-order chi connectivity index (χ1) is 15.7. The van der Waals surface area contributed by atoms with Gasteiger partial charge in [0.2, 0.25) is 5.91 Å². The lowest BCUT2D eigenvalue weighted by molar-refractivity contribution is -0.120. The van der Waals surface area contributed by atoms with Crippen LogP contribution >= 0.6 is 0 Å². The highest BCUT2D eigenvalue weighted by molar-refractivity contribution is 5.75. The predicted octanol–water partition coefficient (Wildman–Crippen LogP) is 2.90. The average Bonchev–Trinajstić information content (AvgIpc) is 2.84. The van der Waals surface area contributed by atoms with Gasteiger partial charge in [-0.15, -0.1) is 0 Å². The first-order valence-electron chi connectivity index (χ1n) is 11.1. The van der Waals surface area contributed by atoms with Crippen LogP contribution in [-0.4, -0.2) is 56.8 Å². The first-order valence-corrected chi connectivity index (χ1v) is 11.1. The van der Waals surface area contributed by atoms with Gasteiger partial charge in [0.05, 0.1) is 17.1 Å². The molecule has 32 heavy (non-hydrogen) atoms. The summed E-state index contributed by atoms with van der Waals surface area (Å²) in [6, 6.07) is 18.0. The number of nitrogens with zero attached hydrogens (tertiary/aromatic N) is 5. The Morgan fingerprint density at radius 2 is 1.19 bits per heavy atom. The van der Waals surface area contributed by atoms with Crippen LogP contribution in [0.15, 0.2) is 73.2 Å². The zero-order valence-corrected chi connectivity index (χ0v) is 18.7. The van der Waals surface area contributed by atoms with E-state index in [0.29, 0.717) is 13.0 Å². The van der Waals surface area contributed by atoms with Crippen molar-refractivity contribution in [2.24, 2.45) is 0 Å². The zero-order valence-electron chi connectivity index (χ0n) is 18.7. The Hall–Kier alpha value is -3.16. The SMILES string of the molecule is CCC(=O)NCCN(CCN(Cc1ccccn1)Cc1ccccn1)Cc1ccccn1. The van der Waals surface area contributed by atoms with E-state index in [9.17, 15) is 4.79 Å². The van der Waals surface area contributed by atoms with Gasteiger partial charge >= 0.3 is 0 Å². The molecule has 0 spiro atoms. The summed E-state index contributed by atoms with van der Waals surface area (Å²) in [5, 5.41) is 2.98. The van der Waals surface area contributed by atoms with E-state index in [0.717, 1.165) is 56.4 Å². The van der Waals surface area contributed by atoms with Crippen molar-refractivity contribution in [3.05, 3.63) is 90.3 Å². The highest BCUT2D eigenvalue weighted by Gasteiger charge is 2.13. The molecule has 3 heterocycles. The van der Waals surface area contributed by atoms with E-state index in [1.54, 1.807) is 0 Å². The largest absolute Gasteiger partial charge is 0.355 e. The number of hydrogen-bond acceptors (Lipinski definition) is 6. The van der Waals surface area contributed by atoms with Gasteiger partial charge in [-0.05, 0) is 36.4 Å². The predicted molar refractivity (Wildman–Crippen MR) is 125 cm³/mol. The van der Waals surface area contributed by atoms with Crippen LogP contribution in [0.4, 0.5) is 0 Å². The Morgan fingerprint density at radius 1 is 0.719 bits per heavy atom. The number of carbonyl (C=O) groups excluding carboxylic acids is 1. The molecule has 0 radical (unpaired) electrons. The van der Waals surface area contributed by atoms with E-state index >= 15 is 0 Å². The van der Waals surface area contributed by atoms with Crippen LogP contribution in [0.25, 0.3) is 0 Å². The third kappa shape index (κ3) is 8.53. The molecule has 0 aliphatic rings. The molecule has 1 amide bonds. The first kappa shape index (κ1) is 23.5. The molecule has 3 aromatic rings. The van der Waals surface area contributed by atoms with E-state index in [4.69, 9.17) is 0 Å². The lowest BCUT2D eigenvalue weighted by Gasteiger charge is -2.27. The van der Waals surface area contributed by atoms with Crippen molar-refractivity contribution in [2.75, 3.05) is 26.2 Å². The fourth-order valence-corrected chi connectivity index (χ4v) is 3.41. The van der Waals surface area contributed by atoms with Crippen LogP contribution in [0.1, 0.15) is 30.4 Å². The standard InChI is InChI=1S/C25H32N6O/c1-2-25(32)29-15-16-30(19-22-9-3-6-12-26-22)17-18-31(20-23-10-4-7-13-27-23)21-24-11-5-8-14-28-24/h3-14H,2,15-21H2,1H3,(H,29,32). The van der Waals surface area contributed by atoms with Gasteiger partial charge in [0.25, 0.3) is 0 Å². The molecule has 168 valence electrons.